The Morgan fingerprint density at radius 3 is 2.82 bits per heavy atom. The molecule has 4 nitrogen and oxygen atoms in total. The summed E-state index contributed by atoms with van der Waals surface area (Å²) < 4.78 is 14.6. The van der Waals surface area contributed by atoms with Crippen molar-refractivity contribution >= 4 is 22.5 Å². The largest absolute Gasteiger partial charge is 0.490 e. The quantitative estimate of drug-likeness (QED) is 0.650. The van der Waals surface area contributed by atoms with Gasteiger partial charge >= 0.3 is 0 Å². The summed E-state index contributed by atoms with van der Waals surface area (Å²) in [6.45, 7) is 4.23. The number of rotatable bonds is 5. The maximum Gasteiger partial charge on any atom is 0.129 e. The molecule has 3 heterocycles. The molecule has 0 unspecified atom stereocenters. The van der Waals surface area contributed by atoms with Gasteiger partial charge < -0.3 is 19.4 Å². The lowest BCUT2D eigenvalue weighted by Crippen LogP contribution is -2.18. The minimum atomic E-state index is 0.494. The Balaban J connectivity index is 1.41. The molecule has 3 aromatic rings. The summed E-state index contributed by atoms with van der Waals surface area (Å²) in [6, 6.07) is 11.9. The van der Waals surface area contributed by atoms with Gasteiger partial charge in [0.25, 0.3) is 0 Å². The topological polar surface area (TPSA) is 35.4 Å². The van der Waals surface area contributed by atoms with Gasteiger partial charge in [0.15, 0.2) is 0 Å². The van der Waals surface area contributed by atoms with Crippen LogP contribution >= 0.6 is 11.6 Å². The summed E-state index contributed by atoms with van der Waals surface area (Å²) in [4.78, 5) is 0. The Labute approximate surface area is 170 Å². The van der Waals surface area contributed by atoms with Gasteiger partial charge in [0.1, 0.15) is 24.7 Å². The normalized spacial score (nSPS) is 15.9. The Bertz CT molecular complexity index is 1010. The van der Waals surface area contributed by atoms with E-state index in [1.165, 1.54) is 34.1 Å². The molecule has 0 bridgehead atoms. The molecule has 0 radical (unpaired) electrons. The number of halogens is 1. The third-order valence-electron chi connectivity index (χ3n) is 5.79. The van der Waals surface area contributed by atoms with Crippen LogP contribution in [-0.2, 0) is 25.8 Å². The summed E-state index contributed by atoms with van der Waals surface area (Å²) >= 11 is 6.02. The Kier molecular flexibility index (Phi) is 4.91. The summed E-state index contributed by atoms with van der Waals surface area (Å²) in [6.07, 6.45) is 4.55. The molecule has 28 heavy (non-hydrogen) atoms. The minimum Gasteiger partial charge on any atom is -0.490 e. The van der Waals surface area contributed by atoms with Gasteiger partial charge in [-0.2, -0.15) is 0 Å². The molecule has 0 amide bonds. The molecule has 0 saturated heterocycles. The van der Waals surface area contributed by atoms with E-state index in [0.29, 0.717) is 18.2 Å². The van der Waals surface area contributed by atoms with Crippen LogP contribution in [0.2, 0.25) is 5.02 Å². The van der Waals surface area contributed by atoms with Gasteiger partial charge in [-0.3, -0.25) is 0 Å². The number of fused-ring (bicyclic) bond motifs is 3. The second-order valence-electron chi connectivity index (χ2n) is 7.53. The zero-order valence-corrected chi connectivity index (χ0v) is 16.7. The number of hydrogen-bond acceptors (Lipinski definition) is 3. The number of hydrogen-bond donors (Lipinski definition) is 1. The van der Waals surface area contributed by atoms with Crippen molar-refractivity contribution in [3.8, 4) is 11.5 Å². The lowest BCUT2D eigenvalue weighted by atomic mass is 10.0. The van der Waals surface area contributed by atoms with Crippen molar-refractivity contribution < 1.29 is 9.47 Å². The molecule has 0 fully saturated rings. The van der Waals surface area contributed by atoms with Crippen molar-refractivity contribution in [1.29, 1.82) is 0 Å². The fourth-order valence-corrected chi connectivity index (χ4v) is 4.80. The zero-order chi connectivity index (χ0) is 18.9. The minimum absolute atomic E-state index is 0.494. The summed E-state index contributed by atoms with van der Waals surface area (Å²) in [5, 5.41) is 5.55. The molecular weight excluding hydrogens is 372 g/mol. The second kappa shape index (κ2) is 7.69. The Morgan fingerprint density at radius 1 is 1.00 bits per heavy atom. The van der Waals surface area contributed by atoms with Crippen molar-refractivity contribution in [2.75, 3.05) is 26.3 Å². The Morgan fingerprint density at radius 2 is 1.89 bits per heavy atom. The highest BCUT2D eigenvalue weighted by Gasteiger charge is 2.25. The molecule has 2 aliphatic heterocycles. The smallest absolute Gasteiger partial charge is 0.129 e. The van der Waals surface area contributed by atoms with E-state index in [0.717, 1.165) is 50.4 Å². The average Bonchev–Trinajstić information content (AvgIpc) is 2.87. The van der Waals surface area contributed by atoms with E-state index in [1.807, 2.05) is 24.3 Å². The third-order valence-corrected chi connectivity index (χ3v) is 6.03. The molecule has 146 valence electrons. The molecule has 2 aliphatic rings. The summed E-state index contributed by atoms with van der Waals surface area (Å²) in [5.41, 5.74) is 5.86. The lowest BCUT2D eigenvalue weighted by Gasteiger charge is -2.19. The molecule has 0 atom stereocenters. The third kappa shape index (κ3) is 3.25. The van der Waals surface area contributed by atoms with Crippen LogP contribution in [0.4, 0.5) is 0 Å². The SMILES string of the molecule is Clc1cccc(OCCOc2ccc3c4c2c2c(n4CCC3)CCNCC2)c1. The van der Waals surface area contributed by atoms with Crippen LogP contribution < -0.4 is 14.8 Å². The first kappa shape index (κ1) is 17.9. The fourth-order valence-electron chi connectivity index (χ4n) is 4.62. The highest BCUT2D eigenvalue weighted by molar-refractivity contribution is 6.30. The first-order chi connectivity index (χ1) is 13.8. The molecule has 0 saturated carbocycles. The van der Waals surface area contributed by atoms with Crippen molar-refractivity contribution in [3.63, 3.8) is 0 Å². The van der Waals surface area contributed by atoms with Gasteiger partial charge in [0.05, 0.1) is 5.52 Å². The van der Waals surface area contributed by atoms with Crippen LogP contribution in [0, 0.1) is 0 Å². The number of ether oxygens (including phenoxy) is 2. The standard InChI is InChI=1S/C23H25ClN2O2/c24-17-4-1-5-18(15-17)27-13-14-28-21-7-6-16-3-2-12-26-20-9-11-25-10-8-19(20)22(21)23(16)26/h1,4-7,15,25H,2-3,8-14H2. The Hall–Kier alpha value is -2.17. The molecule has 5 heteroatoms. The number of aromatic nitrogens is 1. The van der Waals surface area contributed by atoms with E-state index < -0.39 is 0 Å². The van der Waals surface area contributed by atoms with E-state index in [4.69, 9.17) is 21.1 Å². The average molecular weight is 397 g/mol. The van der Waals surface area contributed by atoms with Crippen molar-refractivity contribution in [2.45, 2.75) is 32.2 Å². The molecular formula is C23H25ClN2O2. The van der Waals surface area contributed by atoms with Gasteiger partial charge in [-0.15, -0.1) is 0 Å². The maximum atomic E-state index is 6.22. The van der Waals surface area contributed by atoms with Crippen LogP contribution in [0.25, 0.3) is 10.9 Å². The first-order valence-electron chi connectivity index (χ1n) is 10.2. The number of nitrogens with one attached hydrogen (secondary N) is 1. The van der Waals surface area contributed by atoms with Gasteiger partial charge in [-0.05, 0) is 61.2 Å². The summed E-state index contributed by atoms with van der Waals surface area (Å²) in [5.74, 6) is 1.77. The summed E-state index contributed by atoms with van der Waals surface area (Å²) in [7, 11) is 0. The first-order valence-corrected chi connectivity index (χ1v) is 10.6. The molecule has 0 spiro atoms. The predicted octanol–water partition coefficient (Wildman–Crippen LogP) is 4.39. The van der Waals surface area contributed by atoms with Crippen LogP contribution in [0.3, 0.4) is 0 Å². The van der Waals surface area contributed by atoms with Gasteiger partial charge in [0, 0.05) is 35.6 Å². The number of benzene rings is 2. The van der Waals surface area contributed by atoms with Crippen molar-refractivity contribution in [2.24, 2.45) is 0 Å². The van der Waals surface area contributed by atoms with Crippen LogP contribution in [0.15, 0.2) is 36.4 Å². The number of nitrogens with zero attached hydrogens (tertiary/aromatic N) is 1. The van der Waals surface area contributed by atoms with Crippen LogP contribution in [-0.4, -0.2) is 30.9 Å². The molecule has 2 aromatic carbocycles. The van der Waals surface area contributed by atoms with Crippen LogP contribution in [0.5, 0.6) is 11.5 Å². The highest BCUT2D eigenvalue weighted by atomic mass is 35.5. The lowest BCUT2D eigenvalue weighted by molar-refractivity contribution is 0.218. The molecule has 0 aliphatic carbocycles. The second-order valence-corrected chi connectivity index (χ2v) is 7.97. The van der Waals surface area contributed by atoms with Gasteiger partial charge in [-0.1, -0.05) is 23.7 Å². The van der Waals surface area contributed by atoms with E-state index in [1.54, 1.807) is 0 Å². The number of aryl methyl sites for hydroxylation is 2. The molecule has 1 N–H and O–H groups in total. The van der Waals surface area contributed by atoms with E-state index >= 15 is 0 Å². The van der Waals surface area contributed by atoms with E-state index in [-0.39, 0.29) is 0 Å². The fraction of sp³-hybridized carbons (Fsp3) is 0.391. The van der Waals surface area contributed by atoms with Crippen molar-refractivity contribution in [3.05, 3.63) is 58.2 Å². The van der Waals surface area contributed by atoms with Gasteiger partial charge in [0.2, 0.25) is 0 Å². The van der Waals surface area contributed by atoms with E-state index in [2.05, 4.69) is 22.0 Å². The monoisotopic (exact) mass is 396 g/mol. The van der Waals surface area contributed by atoms with E-state index in [9.17, 15) is 0 Å². The molecule has 1 aromatic heterocycles. The van der Waals surface area contributed by atoms with Crippen molar-refractivity contribution in [1.82, 2.24) is 9.88 Å². The highest BCUT2D eigenvalue weighted by Crippen LogP contribution is 2.39. The molecule has 5 rings (SSSR count). The zero-order valence-electron chi connectivity index (χ0n) is 16.0. The predicted molar refractivity (Wildman–Crippen MR) is 113 cm³/mol. The van der Waals surface area contributed by atoms with Crippen LogP contribution in [0.1, 0.15) is 23.2 Å². The van der Waals surface area contributed by atoms with Gasteiger partial charge in [-0.25, -0.2) is 0 Å². The maximum absolute atomic E-state index is 6.22.